The standard InChI is InChI=1S/C15H20N2O4/c18-10-7-13(14(19)20)16-15(21)17-8-5-11-3-1-2-4-12(11)6-9-17/h1-4,13,18H,5-10H2,(H,16,21)(H,19,20)/t13-/m0/s1. The van der Waals surface area contributed by atoms with Gasteiger partial charge in [0.05, 0.1) is 0 Å². The first-order valence-electron chi connectivity index (χ1n) is 7.07. The van der Waals surface area contributed by atoms with E-state index in [0.29, 0.717) is 13.1 Å². The zero-order valence-electron chi connectivity index (χ0n) is 11.8. The molecule has 0 saturated heterocycles. The zero-order valence-corrected chi connectivity index (χ0v) is 11.8. The Bertz CT molecular complexity index is 491. The SMILES string of the molecule is O=C(O)[C@H](CCO)NC(=O)N1CCc2ccccc2CC1. The monoisotopic (exact) mass is 292 g/mol. The van der Waals surface area contributed by atoms with E-state index < -0.39 is 12.0 Å². The molecular formula is C15H20N2O4. The number of amides is 2. The van der Waals surface area contributed by atoms with Gasteiger partial charge in [-0.2, -0.15) is 0 Å². The molecule has 21 heavy (non-hydrogen) atoms. The van der Waals surface area contributed by atoms with Crippen molar-refractivity contribution in [2.24, 2.45) is 0 Å². The van der Waals surface area contributed by atoms with Gasteiger partial charge in [0, 0.05) is 26.1 Å². The van der Waals surface area contributed by atoms with Crippen molar-refractivity contribution in [2.45, 2.75) is 25.3 Å². The maximum atomic E-state index is 12.2. The minimum atomic E-state index is -1.13. The molecule has 1 aliphatic rings. The summed E-state index contributed by atoms with van der Waals surface area (Å²) in [6, 6.07) is 6.65. The molecule has 0 saturated carbocycles. The summed E-state index contributed by atoms with van der Waals surface area (Å²) in [6.07, 6.45) is 1.54. The Kier molecular flexibility index (Phi) is 5.16. The molecular weight excluding hydrogens is 272 g/mol. The molecule has 0 aromatic heterocycles. The molecule has 1 heterocycles. The molecule has 0 radical (unpaired) electrons. The van der Waals surface area contributed by atoms with Crippen LogP contribution in [0.4, 0.5) is 4.79 Å². The van der Waals surface area contributed by atoms with E-state index in [1.165, 1.54) is 11.1 Å². The summed E-state index contributed by atoms with van der Waals surface area (Å²) in [4.78, 5) is 24.8. The first-order chi connectivity index (χ1) is 10.1. The van der Waals surface area contributed by atoms with E-state index in [9.17, 15) is 9.59 Å². The molecule has 0 aliphatic carbocycles. The van der Waals surface area contributed by atoms with E-state index in [2.05, 4.69) is 17.4 Å². The number of nitrogens with zero attached hydrogens (tertiary/aromatic N) is 1. The molecule has 6 heteroatoms. The van der Waals surface area contributed by atoms with Crippen LogP contribution in [0.3, 0.4) is 0 Å². The van der Waals surface area contributed by atoms with E-state index >= 15 is 0 Å². The van der Waals surface area contributed by atoms with Crippen LogP contribution >= 0.6 is 0 Å². The van der Waals surface area contributed by atoms with Crippen molar-refractivity contribution in [1.82, 2.24) is 10.2 Å². The van der Waals surface area contributed by atoms with Crippen LogP contribution in [0, 0.1) is 0 Å². The first kappa shape index (κ1) is 15.3. The summed E-state index contributed by atoms with van der Waals surface area (Å²) >= 11 is 0. The Hall–Kier alpha value is -2.08. The first-order valence-corrected chi connectivity index (χ1v) is 7.07. The maximum Gasteiger partial charge on any atom is 0.326 e. The van der Waals surface area contributed by atoms with Gasteiger partial charge in [-0.25, -0.2) is 9.59 Å². The van der Waals surface area contributed by atoms with E-state index in [4.69, 9.17) is 10.2 Å². The Balaban J connectivity index is 1.97. The summed E-state index contributed by atoms with van der Waals surface area (Å²) in [5.41, 5.74) is 2.47. The molecule has 3 N–H and O–H groups in total. The smallest absolute Gasteiger partial charge is 0.326 e. The van der Waals surface area contributed by atoms with Crippen LogP contribution in [0.25, 0.3) is 0 Å². The second kappa shape index (κ2) is 7.08. The number of carboxylic acids is 1. The third kappa shape index (κ3) is 3.95. The van der Waals surface area contributed by atoms with E-state index in [1.807, 2.05) is 12.1 Å². The van der Waals surface area contributed by atoms with Crippen molar-refractivity contribution in [3.63, 3.8) is 0 Å². The van der Waals surface area contributed by atoms with E-state index in [-0.39, 0.29) is 19.1 Å². The number of carbonyl (C=O) groups excluding carboxylic acids is 1. The molecule has 6 nitrogen and oxygen atoms in total. The number of rotatable bonds is 4. The van der Waals surface area contributed by atoms with Crippen molar-refractivity contribution < 1.29 is 19.8 Å². The highest BCUT2D eigenvalue weighted by Gasteiger charge is 2.24. The quantitative estimate of drug-likeness (QED) is 0.759. The van der Waals surface area contributed by atoms with Crippen molar-refractivity contribution in [3.8, 4) is 0 Å². The number of aliphatic carboxylic acids is 1. The van der Waals surface area contributed by atoms with Gasteiger partial charge in [0.2, 0.25) is 0 Å². The van der Waals surface area contributed by atoms with Crippen molar-refractivity contribution in [1.29, 1.82) is 0 Å². The third-order valence-electron chi connectivity index (χ3n) is 3.72. The molecule has 1 aromatic rings. The molecule has 0 fully saturated rings. The average Bonchev–Trinajstić information content (AvgIpc) is 2.69. The predicted molar refractivity (Wildman–Crippen MR) is 77.1 cm³/mol. The van der Waals surface area contributed by atoms with Gasteiger partial charge in [-0.1, -0.05) is 24.3 Å². The number of carboxylic acid groups (broad SMARTS) is 1. The predicted octanol–water partition coefficient (Wildman–Crippen LogP) is 0.632. The third-order valence-corrected chi connectivity index (χ3v) is 3.72. The molecule has 114 valence electrons. The Labute approximate surface area is 123 Å². The van der Waals surface area contributed by atoms with E-state index in [0.717, 1.165) is 12.8 Å². The van der Waals surface area contributed by atoms with Crippen molar-refractivity contribution >= 4 is 12.0 Å². The van der Waals surface area contributed by atoms with Gasteiger partial charge in [0.25, 0.3) is 0 Å². The van der Waals surface area contributed by atoms with Gasteiger partial charge in [0.15, 0.2) is 0 Å². The molecule has 1 aromatic carbocycles. The number of aliphatic hydroxyl groups excluding tert-OH is 1. The van der Waals surface area contributed by atoms with Crippen LogP contribution in [0.15, 0.2) is 24.3 Å². The van der Waals surface area contributed by atoms with Gasteiger partial charge < -0.3 is 20.4 Å². The lowest BCUT2D eigenvalue weighted by atomic mass is 10.0. The fraction of sp³-hybridized carbons (Fsp3) is 0.467. The normalized spacial score (nSPS) is 15.8. The highest BCUT2D eigenvalue weighted by Crippen LogP contribution is 2.15. The lowest BCUT2D eigenvalue weighted by Gasteiger charge is -2.23. The molecule has 2 rings (SSSR count). The van der Waals surface area contributed by atoms with Crippen LogP contribution in [0.2, 0.25) is 0 Å². The summed E-state index contributed by atoms with van der Waals surface area (Å²) < 4.78 is 0. The van der Waals surface area contributed by atoms with Crippen molar-refractivity contribution in [2.75, 3.05) is 19.7 Å². The average molecular weight is 292 g/mol. The number of carbonyl (C=O) groups is 2. The van der Waals surface area contributed by atoms with Gasteiger partial charge in [-0.3, -0.25) is 0 Å². The second-order valence-corrected chi connectivity index (χ2v) is 5.11. The van der Waals surface area contributed by atoms with Crippen molar-refractivity contribution in [3.05, 3.63) is 35.4 Å². The van der Waals surface area contributed by atoms with Crippen LogP contribution in [-0.2, 0) is 17.6 Å². The Morgan fingerprint density at radius 1 is 1.19 bits per heavy atom. The van der Waals surface area contributed by atoms with Gasteiger partial charge in [-0.15, -0.1) is 0 Å². The minimum absolute atomic E-state index is 0.00907. The molecule has 2 amide bonds. The number of hydrogen-bond donors (Lipinski definition) is 3. The van der Waals surface area contributed by atoms with Crippen LogP contribution in [0.1, 0.15) is 17.5 Å². The summed E-state index contributed by atoms with van der Waals surface area (Å²) in [5.74, 6) is -1.13. The fourth-order valence-electron chi connectivity index (χ4n) is 2.50. The number of nitrogens with one attached hydrogen (secondary N) is 1. The highest BCUT2D eigenvalue weighted by atomic mass is 16.4. The molecule has 0 unspecified atom stereocenters. The lowest BCUT2D eigenvalue weighted by Crippen LogP contribution is -2.49. The Morgan fingerprint density at radius 2 is 1.76 bits per heavy atom. The van der Waals surface area contributed by atoms with Crippen LogP contribution in [0.5, 0.6) is 0 Å². The van der Waals surface area contributed by atoms with Crippen LogP contribution in [-0.4, -0.2) is 52.9 Å². The molecule has 1 aliphatic heterocycles. The molecule has 0 spiro atoms. The second-order valence-electron chi connectivity index (χ2n) is 5.11. The number of fused-ring (bicyclic) bond motifs is 1. The number of benzene rings is 1. The summed E-state index contributed by atoms with van der Waals surface area (Å²) in [5, 5.41) is 20.3. The highest BCUT2D eigenvalue weighted by molar-refractivity contribution is 5.82. The molecule has 0 bridgehead atoms. The Morgan fingerprint density at radius 3 is 2.24 bits per heavy atom. The number of urea groups is 1. The summed E-state index contributed by atoms with van der Waals surface area (Å²) in [6.45, 7) is 0.852. The molecule has 1 atom stereocenters. The number of aliphatic hydroxyl groups is 1. The number of hydrogen-bond acceptors (Lipinski definition) is 3. The minimum Gasteiger partial charge on any atom is -0.480 e. The van der Waals surface area contributed by atoms with Gasteiger partial charge >= 0.3 is 12.0 Å². The largest absolute Gasteiger partial charge is 0.480 e. The summed E-state index contributed by atoms with van der Waals surface area (Å²) in [7, 11) is 0. The van der Waals surface area contributed by atoms with Gasteiger partial charge in [0.1, 0.15) is 6.04 Å². The maximum absolute atomic E-state index is 12.2. The van der Waals surface area contributed by atoms with Crippen LogP contribution < -0.4 is 5.32 Å². The zero-order chi connectivity index (χ0) is 15.2. The van der Waals surface area contributed by atoms with E-state index in [1.54, 1.807) is 4.90 Å². The lowest BCUT2D eigenvalue weighted by molar-refractivity contribution is -0.139. The topological polar surface area (TPSA) is 89.9 Å². The van der Waals surface area contributed by atoms with Gasteiger partial charge in [-0.05, 0) is 24.0 Å². The fourth-order valence-corrected chi connectivity index (χ4v) is 2.50.